The average molecular weight is 196 g/mol. The Labute approximate surface area is 73.4 Å². The summed E-state index contributed by atoms with van der Waals surface area (Å²) in [7, 11) is -3.42. The van der Waals surface area contributed by atoms with Crippen molar-refractivity contribution in [1.29, 1.82) is 0 Å². The Morgan fingerprint density at radius 1 is 1.50 bits per heavy atom. The van der Waals surface area contributed by atoms with Crippen molar-refractivity contribution >= 4 is 10.2 Å². The lowest BCUT2D eigenvalue weighted by Crippen LogP contribution is -2.43. The normalized spacial score (nSPS) is 14.6. The standard InChI is InChI=1S/C6H16N2O3S/c1-3-4-7-12(10,11)8-6(2)5-9/h6-9H,3-5H2,1-2H3/t6-/m1/s1. The van der Waals surface area contributed by atoms with Gasteiger partial charge in [0.25, 0.3) is 10.2 Å². The van der Waals surface area contributed by atoms with Gasteiger partial charge in [-0.05, 0) is 13.3 Å². The highest BCUT2D eigenvalue weighted by atomic mass is 32.2. The molecule has 6 heteroatoms. The van der Waals surface area contributed by atoms with Gasteiger partial charge in [-0.2, -0.15) is 13.1 Å². The summed E-state index contributed by atoms with van der Waals surface area (Å²) in [6.07, 6.45) is 0.744. The highest BCUT2D eigenvalue weighted by Crippen LogP contribution is 1.84. The van der Waals surface area contributed by atoms with Gasteiger partial charge < -0.3 is 5.11 Å². The molecule has 12 heavy (non-hydrogen) atoms. The van der Waals surface area contributed by atoms with Gasteiger partial charge in [0.05, 0.1) is 6.61 Å². The Hall–Kier alpha value is -0.170. The van der Waals surface area contributed by atoms with Gasteiger partial charge in [0.1, 0.15) is 0 Å². The molecule has 0 aliphatic rings. The molecule has 0 aromatic heterocycles. The van der Waals surface area contributed by atoms with Crippen molar-refractivity contribution in [2.45, 2.75) is 26.3 Å². The topological polar surface area (TPSA) is 78.4 Å². The maximum absolute atomic E-state index is 11.0. The van der Waals surface area contributed by atoms with E-state index in [9.17, 15) is 8.42 Å². The van der Waals surface area contributed by atoms with E-state index in [1.54, 1.807) is 6.92 Å². The minimum atomic E-state index is -3.42. The predicted octanol–water partition coefficient (Wildman–Crippen LogP) is -0.799. The van der Waals surface area contributed by atoms with E-state index in [4.69, 9.17) is 5.11 Å². The second-order valence-corrected chi connectivity index (χ2v) is 4.13. The molecule has 0 rings (SSSR count). The number of rotatable bonds is 6. The quantitative estimate of drug-likeness (QED) is 0.520. The van der Waals surface area contributed by atoms with Gasteiger partial charge in [-0.25, -0.2) is 4.72 Å². The van der Waals surface area contributed by atoms with Crippen LogP contribution in [-0.4, -0.2) is 32.7 Å². The summed E-state index contributed by atoms with van der Waals surface area (Å²) in [5.41, 5.74) is 0. The molecule has 0 aliphatic carbocycles. The van der Waals surface area contributed by atoms with Gasteiger partial charge in [-0.1, -0.05) is 6.92 Å². The molecule has 74 valence electrons. The second-order valence-electron chi connectivity index (χ2n) is 2.60. The summed E-state index contributed by atoms with van der Waals surface area (Å²) in [5, 5.41) is 8.57. The van der Waals surface area contributed by atoms with Crippen LogP contribution in [0.4, 0.5) is 0 Å². The molecule has 0 fully saturated rings. The van der Waals surface area contributed by atoms with Crippen LogP contribution in [0.3, 0.4) is 0 Å². The molecule has 1 atom stereocenters. The van der Waals surface area contributed by atoms with Gasteiger partial charge in [0.15, 0.2) is 0 Å². The van der Waals surface area contributed by atoms with Crippen LogP contribution in [0.5, 0.6) is 0 Å². The molecular weight excluding hydrogens is 180 g/mol. The van der Waals surface area contributed by atoms with Crippen molar-refractivity contribution in [3.63, 3.8) is 0 Å². The smallest absolute Gasteiger partial charge is 0.277 e. The van der Waals surface area contributed by atoms with E-state index in [-0.39, 0.29) is 6.61 Å². The van der Waals surface area contributed by atoms with Crippen LogP contribution in [0.2, 0.25) is 0 Å². The van der Waals surface area contributed by atoms with Crippen LogP contribution < -0.4 is 9.44 Å². The van der Waals surface area contributed by atoms with E-state index in [0.29, 0.717) is 6.54 Å². The summed E-state index contributed by atoms with van der Waals surface area (Å²) >= 11 is 0. The van der Waals surface area contributed by atoms with Crippen LogP contribution in [-0.2, 0) is 10.2 Å². The van der Waals surface area contributed by atoms with Crippen molar-refractivity contribution in [3.05, 3.63) is 0 Å². The predicted molar refractivity (Wildman–Crippen MR) is 46.9 cm³/mol. The van der Waals surface area contributed by atoms with Crippen LogP contribution >= 0.6 is 0 Å². The lowest BCUT2D eigenvalue weighted by molar-refractivity contribution is 0.265. The van der Waals surface area contributed by atoms with Gasteiger partial charge in [-0.3, -0.25) is 0 Å². The molecule has 0 aromatic carbocycles. The van der Waals surface area contributed by atoms with E-state index >= 15 is 0 Å². The van der Waals surface area contributed by atoms with E-state index in [1.807, 2.05) is 6.92 Å². The summed E-state index contributed by atoms with van der Waals surface area (Å²) < 4.78 is 26.6. The van der Waals surface area contributed by atoms with Crippen molar-refractivity contribution in [3.8, 4) is 0 Å². The Morgan fingerprint density at radius 2 is 2.08 bits per heavy atom. The van der Waals surface area contributed by atoms with Crippen LogP contribution in [0.1, 0.15) is 20.3 Å². The van der Waals surface area contributed by atoms with Gasteiger partial charge in [0.2, 0.25) is 0 Å². The van der Waals surface area contributed by atoms with Gasteiger partial charge in [0, 0.05) is 12.6 Å². The SMILES string of the molecule is CCCNS(=O)(=O)N[C@H](C)CO. The molecule has 0 radical (unpaired) electrons. The van der Waals surface area contributed by atoms with E-state index in [1.165, 1.54) is 0 Å². The fourth-order valence-corrected chi connectivity index (χ4v) is 1.74. The first-order valence-corrected chi connectivity index (χ1v) is 5.38. The molecule has 0 aromatic rings. The molecule has 3 N–H and O–H groups in total. The maximum atomic E-state index is 11.0. The minimum absolute atomic E-state index is 0.201. The molecular formula is C6H16N2O3S. The Bertz CT molecular complexity index is 203. The molecule has 5 nitrogen and oxygen atoms in total. The minimum Gasteiger partial charge on any atom is -0.395 e. The number of nitrogens with one attached hydrogen (secondary N) is 2. The van der Waals surface area contributed by atoms with E-state index in [0.717, 1.165) is 6.42 Å². The fourth-order valence-electron chi connectivity index (χ4n) is 0.580. The Balaban J connectivity index is 3.88. The lowest BCUT2D eigenvalue weighted by atomic mass is 10.4. The molecule has 0 bridgehead atoms. The summed E-state index contributed by atoms with van der Waals surface area (Å²) in [6, 6.07) is -0.445. The zero-order valence-electron chi connectivity index (χ0n) is 7.37. The number of aliphatic hydroxyl groups excluding tert-OH is 1. The zero-order valence-corrected chi connectivity index (χ0v) is 8.19. The number of aliphatic hydroxyl groups is 1. The molecule has 0 aliphatic heterocycles. The van der Waals surface area contributed by atoms with Crippen molar-refractivity contribution < 1.29 is 13.5 Å². The molecule has 0 spiro atoms. The zero-order chi connectivity index (χ0) is 9.61. The van der Waals surface area contributed by atoms with E-state index < -0.39 is 16.3 Å². The highest BCUT2D eigenvalue weighted by molar-refractivity contribution is 7.87. The van der Waals surface area contributed by atoms with Crippen LogP contribution in [0, 0.1) is 0 Å². The van der Waals surface area contributed by atoms with Crippen LogP contribution in [0.25, 0.3) is 0 Å². The van der Waals surface area contributed by atoms with Crippen molar-refractivity contribution in [2.24, 2.45) is 0 Å². The largest absolute Gasteiger partial charge is 0.395 e. The third-order valence-corrected chi connectivity index (χ3v) is 2.47. The summed E-state index contributed by atoms with van der Waals surface area (Å²) in [5.74, 6) is 0. The first-order chi connectivity index (χ1) is 5.52. The molecule has 0 unspecified atom stereocenters. The van der Waals surface area contributed by atoms with Crippen molar-refractivity contribution in [1.82, 2.24) is 9.44 Å². The van der Waals surface area contributed by atoms with E-state index in [2.05, 4.69) is 9.44 Å². The number of hydrogen-bond donors (Lipinski definition) is 3. The summed E-state index contributed by atoms with van der Waals surface area (Å²) in [6.45, 7) is 3.67. The van der Waals surface area contributed by atoms with Gasteiger partial charge in [-0.15, -0.1) is 0 Å². The first kappa shape index (κ1) is 11.8. The second kappa shape index (κ2) is 5.47. The third-order valence-electron chi connectivity index (χ3n) is 1.17. The molecule has 0 heterocycles. The monoisotopic (exact) mass is 196 g/mol. The molecule has 0 saturated heterocycles. The first-order valence-electron chi connectivity index (χ1n) is 3.89. The lowest BCUT2D eigenvalue weighted by Gasteiger charge is -2.11. The third kappa shape index (κ3) is 5.48. The molecule has 0 amide bonds. The highest BCUT2D eigenvalue weighted by Gasteiger charge is 2.11. The van der Waals surface area contributed by atoms with Gasteiger partial charge >= 0.3 is 0 Å². The average Bonchev–Trinajstić information content (AvgIpc) is 2.00. The molecule has 0 saturated carbocycles. The Morgan fingerprint density at radius 3 is 2.50 bits per heavy atom. The summed E-state index contributed by atoms with van der Waals surface area (Å²) in [4.78, 5) is 0. The Kier molecular flexibility index (Phi) is 5.39. The fraction of sp³-hybridized carbons (Fsp3) is 1.00. The maximum Gasteiger partial charge on any atom is 0.277 e. The van der Waals surface area contributed by atoms with Crippen LogP contribution in [0.15, 0.2) is 0 Å². The number of hydrogen-bond acceptors (Lipinski definition) is 3. The van der Waals surface area contributed by atoms with Crippen molar-refractivity contribution in [2.75, 3.05) is 13.2 Å².